The average Bonchev–Trinajstić information content (AvgIpc) is 2.73. The molecular weight excluding hydrogens is 350 g/mol. The zero-order valence-corrected chi connectivity index (χ0v) is 14.8. The lowest BCUT2D eigenvalue weighted by Crippen LogP contribution is -2.48. The Balaban J connectivity index is 1.76. The molecule has 2 amide bonds. The molecule has 0 atom stereocenters. The highest BCUT2D eigenvalue weighted by molar-refractivity contribution is 5.97. The summed E-state index contributed by atoms with van der Waals surface area (Å²) in [7, 11) is 1.31. The number of rotatable bonds is 5. The van der Waals surface area contributed by atoms with Gasteiger partial charge in [0.2, 0.25) is 6.41 Å². The lowest BCUT2D eigenvalue weighted by atomic mass is 10.2. The van der Waals surface area contributed by atoms with E-state index >= 15 is 0 Å². The number of hydrogen-bond donors (Lipinski definition) is 1. The molecule has 0 radical (unpaired) electrons. The third-order valence-electron chi connectivity index (χ3n) is 4.23. The summed E-state index contributed by atoms with van der Waals surface area (Å²) in [5.74, 6) is -0.319. The molecule has 1 aromatic carbocycles. The molecule has 0 saturated carbocycles. The van der Waals surface area contributed by atoms with Gasteiger partial charge in [0.15, 0.2) is 0 Å². The molecule has 1 fully saturated rings. The maximum absolute atomic E-state index is 12.6. The topological polar surface area (TPSA) is 105 Å². The van der Waals surface area contributed by atoms with Crippen LogP contribution in [0.4, 0.5) is 11.5 Å². The van der Waals surface area contributed by atoms with Gasteiger partial charge in [0.05, 0.1) is 18.4 Å². The highest BCUT2D eigenvalue weighted by atomic mass is 16.5. The van der Waals surface area contributed by atoms with E-state index in [9.17, 15) is 14.4 Å². The molecule has 0 aliphatic carbocycles. The van der Waals surface area contributed by atoms with Gasteiger partial charge >= 0.3 is 5.97 Å². The minimum atomic E-state index is -0.475. The number of ether oxygens (including phenoxy) is 1. The van der Waals surface area contributed by atoms with Gasteiger partial charge in [-0.15, -0.1) is 0 Å². The largest absolute Gasteiger partial charge is 0.465 e. The van der Waals surface area contributed by atoms with Crippen LogP contribution in [0.15, 0.2) is 36.7 Å². The second kappa shape index (κ2) is 8.26. The standard InChI is InChI=1S/C18H19N5O4/c1-27-18(26)13-4-2-3-5-14(13)21-16-10-15(19-11-20-16)17(25)23-8-6-22(12-24)7-9-23/h2-5,10-12H,6-9H2,1H3,(H,19,20,21). The molecule has 3 rings (SSSR count). The van der Waals surface area contributed by atoms with E-state index in [1.165, 1.54) is 19.5 Å². The monoisotopic (exact) mass is 369 g/mol. The fraction of sp³-hybridized carbons (Fsp3) is 0.278. The molecular formula is C18H19N5O4. The molecule has 0 unspecified atom stereocenters. The van der Waals surface area contributed by atoms with Gasteiger partial charge in [-0.2, -0.15) is 0 Å². The number of piperazine rings is 1. The molecule has 1 aromatic heterocycles. The fourth-order valence-corrected chi connectivity index (χ4v) is 2.75. The Morgan fingerprint density at radius 1 is 1.15 bits per heavy atom. The van der Waals surface area contributed by atoms with Gasteiger partial charge in [-0.25, -0.2) is 14.8 Å². The van der Waals surface area contributed by atoms with Gasteiger partial charge in [0, 0.05) is 32.2 Å². The Bertz CT molecular complexity index is 849. The molecule has 0 bridgehead atoms. The van der Waals surface area contributed by atoms with E-state index in [-0.39, 0.29) is 11.6 Å². The normalized spacial score (nSPS) is 13.8. The number of nitrogens with zero attached hydrogens (tertiary/aromatic N) is 4. The number of nitrogens with one attached hydrogen (secondary N) is 1. The maximum Gasteiger partial charge on any atom is 0.339 e. The first-order valence-corrected chi connectivity index (χ1v) is 8.37. The van der Waals surface area contributed by atoms with Crippen LogP contribution in [0.1, 0.15) is 20.8 Å². The number of benzene rings is 1. The van der Waals surface area contributed by atoms with E-state index < -0.39 is 5.97 Å². The van der Waals surface area contributed by atoms with Crippen LogP contribution >= 0.6 is 0 Å². The van der Waals surface area contributed by atoms with Crippen LogP contribution in [0.3, 0.4) is 0 Å². The summed E-state index contributed by atoms with van der Waals surface area (Å²) in [6.07, 6.45) is 2.07. The number of amides is 2. The summed E-state index contributed by atoms with van der Waals surface area (Å²) >= 11 is 0. The Labute approximate surface area is 156 Å². The number of esters is 1. The third kappa shape index (κ3) is 4.20. The van der Waals surface area contributed by atoms with Crippen LogP contribution in [0.25, 0.3) is 0 Å². The van der Waals surface area contributed by atoms with Crippen molar-refractivity contribution in [1.82, 2.24) is 19.8 Å². The number of methoxy groups -OCH3 is 1. The van der Waals surface area contributed by atoms with Gasteiger partial charge in [-0.3, -0.25) is 9.59 Å². The number of anilines is 2. The number of hydrogen-bond acceptors (Lipinski definition) is 7. The van der Waals surface area contributed by atoms with Crippen molar-refractivity contribution in [2.24, 2.45) is 0 Å². The maximum atomic E-state index is 12.6. The molecule has 0 spiro atoms. The van der Waals surface area contributed by atoms with Crippen molar-refractivity contribution in [3.05, 3.63) is 47.9 Å². The van der Waals surface area contributed by atoms with Crippen molar-refractivity contribution < 1.29 is 19.1 Å². The Morgan fingerprint density at radius 2 is 1.89 bits per heavy atom. The Morgan fingerprint density at radius 3 is 2.59 bits per heavy atom. The SMILES string of the molecule is COC(=O)c1ccccc1Nc1cc(C(=O)N2CCN(C=O)CC2)ncn1. The van der Waals surface area contributed by atoms with Crippen LogP contribution in [-0.4, -0.2) is 71.3 Å². The van der Waals surface area contributed by atoms with Crippen molar-refractivity contribution in [2.45, 2.75) is 0 Å². The predicted octanol–water partition coefficient (Wildman–Crippen LogP) is 0.921. The molecule has 2 aromatic rings. The third-order valence-corrected chi connectivity index (χ3v) is 4.23. The molecule has 1 aliphatic heterocycles. The Hall–Kier alpha value is -3.49. The van der Waals surface area contributed by atoms with Crippen molar-refractivity contribution in [3.8, 4) is 0 Å². The number of carbonyl (C=O) groups excluding carboxylic acids is 3. The molecule has 27 heavy (non-hydrogen) atoms. The van der Waals surface area contributed by atoms with Crippen LogP contribution in [0.5, 0.6) is 0 Å². The zero-order chi connectivity index (χ0) is 19.2. The van der Waals surface area contributed by atoms with Gasteiger partial charge in [0.1, 0.15) is 17.8 Å². The van der Waals surface area contributed by atoms with E-state index in [1.54, 1.807) is 34.1 Å². The summed E-state index contributed by atoms with van der Waals surface area (Å²) in [5.41, 5.74) is 1.11. The van der Waals surface area contributed by atoms with E-state index in [4.69, 9.17) is 4.74 Å². The van der Waals surface area contributed by atoms with Gasteiger partial charge in [-0.05, 0) is 12.1 Å². The van der Waals surface area contributed by atoms with Crippen molar-refractivity contribution in [2.75, 3.05) is 38.6 Å². The molecule has 1 N–H and O–H groups in total. The quantitative estimate of drug-likeness (QED) is 0.617. The highest BCUT2D eigenvalue weighted by Crippen LogP contribution is 2.20. The first-order chi connectivity index (χ1) is 13.1. The van der Waals surface area contributed by atoms with Gasteiger partial charge in [0.25, 0.3) is 5.91 Å². The number of carbonyl (C=O) groups is 3. The summed E-state index contributed by atoms with van der Waals surface area (Å²) in [6.45, 7) is 1.90. The van der Waals surface area contributed by atoms with Crippen LogP contribution in [0, 0.1) is 0 Å². The number of para-hydroxylation sites is 1. The average molecular weight is 369 g/mol. The molecule has 9 heteroatoms. The van der Waals surface area contributed by atoms with Crippen molar-refractivity contribution >= 4 is 29.8 Å². The van der Waals surface area contributed by atoms with E-state index in [0.29, 0.717) is 43.2 Å². The minimum Gasteiger partial charge on any atom is -0.465 e. The minimum absolute atomic E-state index is 0.229. The van der Waals surface area contributed by atoms with Crippen molar-refractivity contribution in [3.63, 3.8) is 0 Å². The molecule has 140 valence electrons. The second-order valence-corrected chi connectivity index (χ2v) is 5.88. The van der Waals surface area contributed by atoms with Crippen molar-refractivity contribution in [1.29, 1.82) is 0 Å². The van der Waals surface area contributed by atoms with E-state index in [0.717, 1.165) is 6.41 Å². The molecule has 1 aliphatic rings. The predicted molar refractivity (Wildman–Crippen MR) is 96.6 cm³/mol. The zero-order valence-electron chi connectivity index (χ0n) is 14.8. The van der Waals surface area contributed by atoms with Gasteiger partial charge < -0.3 is 19.9 Å². The molecule has 2 heterocycles. The molecule has 1 saturated heterocycles. The lowest BCUT2D eigenvalue weighted by molar-refractivity contribution is -0.119. The van der Waals surface area contributed by atoms with Crippen LogP contribution in [-0.2, 0) is 9.53 Å². The van der Waals surface area contributed by atoms with Gasteiger partial charge in [-0.1, -0.05) is 12.1 Å². The summed E-state index contributed by atoms with van der Waals surface area (Å²) < 4.78 is 4.77. The highest BCUT2D eigenvalue weighted by Gasteiger charge is 2.22. The molecule has 9 nitrogen and oxygen atoms in total. The summed E-state index contributed by atoms with van der Waals surface area (Å²) in [4.78, 5) is 46.7. The van der Waals surface area contributed by atoms with E-state index in [1.807, 2.05) is 0 Å². The fourth-order valence-electron chi connectivity index (χ4n) is 2.75. The lowest BCUT2D eigenvalue weighted by Gasteiger charge is -2.32. The number of aromatic nitrogens is 2. The summed E-state index contributed by atoms with van der Waals surface area (Å²) in [6, 6.07) is 8.38. The smallest absolute Gasteiger partial charge is 0.339 e. The van der Waals surface area contributed by atoms with Crippen LogP contribution < -0.4 is 5.32 Å². The van der Waals surface area contributed by atoms with Crippen LogP contribution in [0.2, 0.25) is 0 Å². The second-order valence-electron chi connectivity index (χ2n) is 5.88. The first-order valence-electron chi connectivity index (χ1n) is 8.37. The Kier molecular flexibility index (Phi) is 5.60. The van der Waals surface area contributed by atoms with E-state index in [2.05, 4.69) is 15.3 Å². The first kappa shape index (κ1) is 18.3. The summed E-state index contributed by atoms with van der Waals surface area (Å²) in [5, 5.41) is 3.02.